The maximum absolute atomic E-state index is 13.6. The van der Waals surface area contributed by atoms with Crippen LogP contribution in [0.2, 0.25) is 5.02 Å². The average Bonchev–Trinajstić information content (AvgIpc) is 2.31. The quantitative estimate of drug-likeness (QED) is 0.886. The lowest BCUT2D eigenvalue weighted by molar-refractivity contribution is 0.346. The van der Waals surface area contributed by atoms with E-state index in [4.69, 9.17) is 26.8 Å². The molecular weight excluding hydrogens is 245 g/mol. The molecule has 0 aromatic heterocycles. The van der Waals surface area contributed by atoms with Gasteiger partial charge in [0.1, 0.15) is 5.82 Å². The molecule has 1 rings (SSSR count). The van der Waals surface area contributed by atoms with Gasteiger partial charge < -0.3 is 15.2 Å². The predicted octanol–water partition coefficient (Wildman–Crippen LogP) is 2.95. The van der Waals surface area contributed by atoms with Crippen LogP contribution in [-0.2, 0) is 0 Å². The Bertz CT molecular complexity index is 399. The Morgan fingerprint density at radius 2 is 2.06 bits per heavy atom. The zero-order valence-electron chi connectivity index (χ0n) is 10.2. The molecule has 0 aliphatic carbocycles. The van der Waals surface area contributed by atoms with Crippen LogP contribution in [0.15, 0.2) is 6.07 Å². The lowest BCUT2D eigenvalue weighted by Crippen LogP contribution is -2.08. The maximum atomic E-state index is 13.6. The van der Waals surface area contributed by atoms with Crippen LogP contribution in [0.4, 0.5) is 4.39 Å². The zero-order valence-corrected chi connectivity index (χ0v) is 11.0. The first-order valence-corrected chi connectivity index (χ1v) is 5.74. The van der Waals surface area contributed by atoms with Gasteiger partial charge in [0.05, 0.1) is 19.2 Å². The van der Waals surface area contributed by atoms with Gasteiger partial charge in [0.25, 0.3) is 0 Å². The Morgan fingerprint density at radius 3 is 2.53 bits per heavy atom. The molecule has 17 heavy (non-hydrogen) atoms. The van der Waals surface area contributed by atoms with Crippen LogP contribution >= 0.6 is 11.6 Å². The molecule has 3 nitrogen and oxygen atoms in total. The molecule has 0 aliphatic heterocycles. The lowest BCUT2D eigenvalue weighted by atomic mass is 9.96. The molecule has 0 aliphatic rings. The molecule has 1 atom stereocenters. The number of halogens is 2. The number of hydrogen-bond acceptors (Lipinski definition) is 3. The third-order valence-corrected chi connectivity index (χ3v) is 3.07. The SMILES string of the molecule is COc1cc(F)c(Cl)c(C(C)CCN)c1OC. The highest BCUT2D eigenvalue weighted by atomic mass is 35.5. The van der Waals surface area contributed by atoms with Crippen molar-refractivity contribution >= 4 is 11.6 Å². The van der Waals surface area contributed by atoms with Crippen molar-refractivity contribution in [3.05, 3.63) is 22.5 Å². The van der Waals surface area contributed by atoms with Crippen molar-refractivity contribution in [3.8, 4) is 11.5 Å². The minimum Gasteiger partial charge on any atom is -0.493 e. The van der Waals surface area contributed by atoms with E-state index in [-0.39, 0.29) is 10.9 Å². The highest BCUT2D eigenvalue weighted by Crippen LogP contribution is 2.42. The molecule has 0 amide bonds. The van der Waals surface area contributed by atoms with Crippen LogP contribution in [0.3, 0.4) is 0 Å². The number of rotatable bonds is 5. The van der Waals surface area contributed by atoms with Crippen LogP contribution in [0.5, 0.6) is 11.5 Å². The summed E-state index contributed by atoms with van der Waals surface area (Å²) in [5, 5.41) is 0.0728. The van der Waals surface area contributed by atoms with Gasteiger partial charge in [-0.05, 0) is 18.9 Å². The smallest absolute Gasteiger partial charge is 0.165 e. The van der Waals surface area contributed by atoms with Crippen molar-refractivity contribution in [1.29, 1.82) is 0 Å². The summed E-state index contributed by atoms with van der Waals surface area (Å²) >= 11 is 5.99. The minimum atomic E-state index is -0.511. The molecule has 96 valence electrons. The molecule has 0 heterocycles. The molecule has 0 fully saturated rings. The fourth-order valence-electron chi connectivity index (χ4n) is 1.80. The van der Waals surface area contributed by atoms with Gasteiger partial charge in [-0.2, -0.15) is 0 Å². The van der Waals surface area contributed by atoms with Crippen molar-refractivity contribution in [2.75, 3.05) is 20.8 Å². The molecule has 1 aromatic rings. The van der Waals surface area contributed by atoms with E-state index in [0.717, 1.165) is 0 Å². The predicted molar refractivity (Wildman–Crippen MR) is 66.6 cm³/mol. The first-order valence-electron chi connectivity index (χ1n) is 5.36. The van der Waals surface area contributed by atoms with Crippen molar-refractivity contribution in [1.82, 2.24) is 0 Å². The van der Waals surface area contributed by atoms with Crippen molar-refractivity contribution in [2.45, 2.75) is 19.3 Å². The second-order valence-electron chi connectivity index (χ2n) is 3.80. The van der Waals surface area contributed by atoms with E-state index in [9.17, 15) is 4.39 Å². The summed E-state index contributed by atoms with van der Waals surface area (Å²) in [4.78, 5) is 0. The van der Waals surface area contributed by atoms with Crippen LogP contribution in [0.25, 0.3) is 0 Å². The molecule has 0 spiro atoms. The Morgan fingerprint density at radius 1 is 1.41 bits per heavy atom. The fraction of sp³-hybridized carbons (Fsp3) is 0.500. The summed E-state index contributed by atoms with van der Waals surface area (Å²) in [7, 11) is 2.97. The number of nitrogens with two attached hydrogens (primary N) is 1. The van der Waals surface area contributed by atoms with E-state index in [1.54, 1.807) is 0 Å². The van der Waals surface area contributed by atoms with Gasteiger partial charge in [-0.15, -0.1) is 0 Å². The number of benzene rings is 1. The topological polar surface area (TPSA) is 44.5 Å². The van der Waals surface area contributed by atoms with Crippen molar-refractivity contribution in [3.63, 3.8) is 0 Å². The third kappa shape index (κ3) is 2.82. The first-order chi connectivity index (χ1) is 8.06. The van der Waals surface area contributed by atoms with Crippen molar-refractivity contribution < 1.29 is 13.9 Å². The van der Waals surface area contributed by atoms with Gasteiger partial charge in [0.2, 0.25) is 0 Å². The second-order valence-corrected chi connectivity index (χ2v) is 4.18. The fourth-order valence-corrected chi connectivity index (χ4v) is 2.13. The molecule has 1 unspecified atom stereocenters. The number of hydrogen-bond donors (Lipinski definition) is 1. The van der Waals surface area contributed by atoms with E-state index >= 15 is 0 Å². The Balaban J connectivity index is 3.37. The van der Waals surface area contributed by atoms with E-state index in [1.807, 2.05) is 6.92 Å². The van der Waals surface area contributed by atoms with E-state index < -0.39 is 5.82 Å². The van der Waals surface area contributed by atoms with Gasteiger partial charge >= 0.3 is 0 Å². The van der Waals surface area contributed by atoms with Crippen LogP contribution < -0.4 is 15.2 Å². The summed E-state index contributed by atoms with van der Waals surface area (Å²) in [6, 6.07) is 1.22. The largest absolute Gasteiger partial charge is 0.493 e. The number of ether oxygens (including phenoxy) is 2. The van der Waals surface area contributed by atoms with Crippen molar-refractivity contribution in [2.24, 2.45) is 5.73 Å². The third-order valence-electron chi connectivity index (χ3n) is 2.69. The van der Waals surface area contributed by atoms with Gasteiger partial charge in [0.15, 0.2) is 11.5 Å². The van der Waals surface area contributed by atoms with Crippen LogP contribution in [0, 0.1) is 5.82 Å². The Hall–Kier alpha value is -1.00. The molecular formula is C12H17ClFNO2. The summed E-state index contributed by atoms with van der Waals surface area (Å²) in [5.41, 5.74) is 6.12. The highest BCUT2D eigenvalue weighted by molar-refractivity contribution is 6.31. The molecule has 0 bridgehead atoms. The maximum Gasteiger partial charge on any atom is 0.165 e. The molecule has 0 radical (unpaired) electrons. The second kappa shape index (κ2) is 6.07. The number of methoxy groups -OCH3 is 2. The van der Waals surface area contributed by atoms with E-state index in [2.05, 4.69) is 0 Å². The molecule has 1 aromatic carbocycles. The molecule has 2 N–H and O–H groups in total. The van der Waals surface area contributed by atoms with Gasteiger partial charge in [0, 0.05) is 11.6 Å². The standard InChI is InChI=1S/C12H17ClFNO2/c1-7(4-5-15)10-11(13)8(14)6-9(16-2)12(10)17-3/h6-7H,4-5,15H2,1-3H3. The van der Waals surface area contributed by atoms with Gasteiger partial charge in [-0.25, -0.2) is 4.39 Å². The van der Waals surface area contributed by atoms with E-state index in [0.29, 0.717) is 30.0 Å². The first kappa shape index (κ1) is 14.1. The summed E-state index contributed by atoms with van der Waals surface area (Å²) in [6.07, 6.45) is 0.697. The highest BCUT2D eigenvalue weighted by Gasteiger charge is 2.22. The summed E-state index contributed by atoms with van der Waals surface area (Å²) in [5.74, 6) is 0.309. The Labute approximate surface area is 106 Å². The van der Waals surface area contributed by atoms with Crippen LogP contribution in [-0.4, -0.2) is 20.8 Å². The van der Waals surface area contributed by atoms with Gasteiger partial charge in [-0.1, -0.05) is 18.5 Å². The molecule has 0 saturated carbocycles. The lowest BCUT2D eigenvalue weighted by Gasteiger charge is -2.19. The monoisotopic (exact) mass is 261 g/mol. The van der Waals surface area contributed by atoms with Gasteiger partial charge in [-0.3, -0.25) is 0 Å². The Kier molecular flexibility index (Phi) is 5.02. The minimum absolute atomic E-state index is 0.00653. The zero-order chi connectivity index (χ0) is 13.0. The summed E-state index contributed by atoms with van der Waals surface area (Å²) in [6.45, 7) is 2.43. The average molecular weight is 262 g/mol. The van der Waals surface area contributed by atoms with Crippen LogP contribution in [0.1, 0.15) is 24.8 Å². The van der Waals surface area contributed by atoms with E-state index in [1.165, 1.54) is 20.3 Å². The summed E-state index contributed by atoms with van der Waals surface area (Å²) < 4.78 is 24.0. The molecule has 0 saturated heterocycles. The normalized spacial score (nSPS) is 12.4. The molecule has 5 heteroatoms.